The van der Waals surface area contributed by atoms with Gasteiger partial charge in [-0.3, -0.25) is 14.6 Å². The minimum absolute atomic E-state index is 0.130. The van der Waals surface area contributed by atoms with Gasteiger partial charge in [-0.05, 0) is 44.5 Å². The van der Waals surface area contributed by atoms with Gasteiger partial charge in [0.1, 0.15) is 0 Å². The topological polar surface area (TPSA) is 99.6 Å². The third kappa shape index (κ3) is 4.54. The predicted octanol–water partition coefficient (Wildman–Crippen LogP) is 2.66. The molecule has 1 aromatic carbocycles. The number of nitrogens with zero attached hydrogens (tertiary/aromatic N) is 2. The van der Waals surface area contributed by atoms with Crippen LogP contribution in [0.2, 0.25) is 0 Å². The van der Waals surface area contributed by atoms with Gasteiger partial charge in [0.05, 0.1) is 17.0 Å². The van der Waals surface area contributed by atoms with E-state index in [4.69, 9.17) is 0 Å². The Balaban J connectivity index is 2.33. The van der Waals surface area contributed by atoms with Crippen molar-refractivity contribution in [2.24, 2.45) is 0 Å². The van der Waals surface area contributed by atoms with Gasteiger partial charge < -0.3 is 15.3 Å². The molecule has 1 atom stereocenters. The average Bonchev–Trinajstić information content (AvgIpc) is 2.65. The number of hydrogen-bond acceptors (Lipinski definition) is 4. The number of rotatable bonds is 6. The van der Waals surface area contributed by atoms with Crippen LogP contribution in [0.5, 0.6) is 0 Å². The summed E-state index contributed by atoms with van der Waals surface area (Å²) in [5.74, 6) is -1.34. The summed E-state index contributed by atoms with van der Waals surface area (Å²) < 4.78 is 0. The monoisotopic (exact) mass is 383 g/mol. The van der Waals surface area contributed by atoms with Gasteiger partial charge in [-0.2, -0.15) is 0 Å². The molecule has 2 amide bonds. The first-order valence-electron chi connectivity index (χ1n) is 8.95. The molecule has 0 bridgehead atoms. The molecule has 0 aliphatic heterocycles. The van der Waals surface area contributed by atoms with Crippen LogP contribution in [-0.4, -0.2) is 52.9 Å². The van der Waals surface area contributed by atoms with E-state index in [1.807, 2.05) is 13.0 Å². The molecule has 2 N–H and O–H groups in total. The molecule has 7 heteroatoms. The first-order chi connectivity index (χ1) is 13.1. The molecule has 0 spiro atoms. The maximum atomic E-state index is 12.8. The molecule has 0 fully saturated rings. The normalized spacial score (nSPS) is 11.6. The molecule has 0 radical (unpaired) electrons. The van der Waals surface area contributed by atoms with Crippen molar-refractivity contribution in [1.82, 2.24) is 15.2 Å². The zero-order valence-corrected chi connectivity index (χ0v) is 16.7. The Labute approximate surface area is 164 Å². The van der Waals surface area contributed by atoms with Crippen LogP contribution in [0.4, 0.5) is 0 Å². The summed E-state index contributed by atoms with van der Waals surface area (Å²) in [7, 11) is 3.23. The first-order valence-corrected chi connectivity index (χ1v) is 8.95. The highest BCUT2D eigenvalue weighted by Crippen LogP contribution is 2.24. The molecule has 0 aliphatic carbocycles. The third-order valence-electron chi connectivity index (χ3n) is 4.76. The summed E-state index contributed by atoms with van der Waals surface area (Å²) in [6.07, 6.45) is 0.217. The fraction of sp³-hybridized carbons (Fsp3) is 0.333. The van der Waals surface area contributed by atoms with Gasteiger partial charge in [0.2, 0.25) is 5.91 Å². The van der Waals surface area contributed by atoms with Gasteiger partial charge in [0.25, 0.3) is 5.91 Å². The number of pyridine rings is 1. The van der Waals surface area contributed by atoms with Crippen LogP contribution in [0.3, 0.4) is 0 Å². The van der Waals surface area contributed by atoms with Gasteiger partial charge in [-0.25, -0.2) is 4.79 Å². The molecule has 2 rings (SSSR count). The van der Waals surface area contributed by atoms with Crippen molar-refractivity contribution >= 4 is 17.8 Å². The highest BCUT2D eigenvalue weighted by molar-refractivity contribution is 5.96. The Morgan fingerprint density at radius 2 is 1.89 bits per heavy atom. The van der Waals surface area contributed by atoms with Crippen LogP contribution in [0.25, 0.3) is 11.3 Å². The predicted molar refractivity (Wildman–Crippen MR) is 106 cm³/mol. The number of carbonyl (C=O) groups excluding carboxylic acids is 2. The number of aromatic nitrogens is 1. The van der Waals surface area contributed by atoms with Crippen LogP contribution in [0.15, 0.2) is 30.3 Å². The molecule has 2 aromatic rings. The lowest BCUT2D eigenvalue weighted by molar-refractivity contribution is -0.121. The number of benzene rings is 1. The minimum atomic E-state index is -1.01. The van der Waals surface area contributed by atoms with Gasteiger partial charge in [-0.1, -0.05) is 12.1 Å². The summed E-state index contributed by atoms with van der Waals surface area (Å²) in [5.41, 5.74) is 3.04. The molecule has 7 nitrogen and oxygen atoms in total. The second kappa shape index (κ2) is 8.65. The van der Waals surface area contributed by atoms with Crippen LogP contribution in [0.1, 0.15) is 45.3 Å². The van der Waals surface area contributed by atoms with E-state index >= 15 is 0 Å². The molecule has 148 valence electrons. The second-order valence-electron chi connectivity index (χ2n) is 6.81. The lowest BCUT2D eigenvalue weighted by atomic mass is 10.0. The Bertz CT molecular complexity index is 901. The number of aromatic carboxylic acids is 1. The van der Waals surface area contributed by atoms with E-state index < -0.39 is 5.97 Å². The molecule has 0 saturated carbocycles. The van der Waals surface area contributed by atoms with Crippen LogP contribution in [-0.2, 0) is 4.79 Å². The lowest BCUT2D eigenvalue weighted by Gasteiger charge is -2.24. The van der Waals surface area contributed by atoms with Crippen molar-refractivity contribution in [2.45, 2.75) is 33.2 Å². The van der Waals surface area contributed by atoms with E-state index in [1.54, 1.807) is 52.2 Å². The first kappa shape index (κ1) is 21.1. The van der Waals surface area contributed by atoms with Crippen molar-refractivity contribution in [1.29, 1.82) is 0 Å². The maximum Gasteiger partial charge on any atom is 0.337 e. The number of hydrogen-bond donors (Lipinski definition) is 2. The third-order valence-corrected chi connectivity index (χ3v) is 4.76. The highest BCUT2D eigenvalue weighted by Gasteiger charge is 2.20. The Morgan fingerprint density at radius 1 is 1.21 bits per heavy atom. The molecule has 0 saturated heterocycles. The van der Waals surface area contributed by atoms with Gasteiger partial charge in [-0.15, -0.1) is 0 Å². The smallest absolute Gasteiger partial charge is 0.337 e. The quantitative estimate of drug-likeness (QED) is 0.799. The Kier molecular flexibility index (Phi) is 6.51. The number of carbonyl (C=O) groups is 3. The van der Waals surface area contributed by atoms with Crippen molar-refractivity contribution in [2.75, 3.05) is 14.1 Å². The van der Waals surface area contributed by atoms with E-state index in [0.717, 1.165) is 5.56 Å². The summed E-state index contributed by atoms with van der Waals surface area (Å²) >= 11 is 0. The Hall–Kier alpha value is -3.22. The fourth-order valence-electron chi connectivity index (χ4n) is 3.03. The summed E-state index contributed by atoms with van der Waals surface area (Å²) in [6.45, 7) is 5.20. The van der Waals surface area contributed by atoms with Crippen molar-refractivity contribution in [3.63, 3.8) is 0 Å². The van der Waals surface area contributed by atoms with Crippen molar-refractivity contribution < 1.29 is 19.5 Å². The fourth-order valence-corrected chi connectivity index (χ4v) is 3.03. The number of amides is 2. The van der Waals surface area contributed by atoms with E-state index in [2.05, 4.69) is 10.3 Å². The minimum Gasteiger partial charge on any atom is -0.478 e. The second-order valence-corrected chi connectivity index (χ2v) is 6.81. The molecule has 28 heavy (non-hydrogen) atoms. The van der Waals surface area contributed by atoms with Gasteiger partial charge in [0.15, 0.2) is 0 Å². The van der Waals surface area contributed by atoms with E-state index in [-0.39, 0.29) is 29.8 Å². The molecular formula is C21H25N3O4. The van der Waals surface area contributed by atoms with Gasteiger partial charge >= 0.3 is 5.97 Å². The summed E-state index contributed by atoms with van der Waals surface area (Å²) in [6, 6.07) is 8.48. The van der Waals surface area contributed by atoms with E-state index in [9.17, 15) is 19.5 Å². The van der Waals surface area contributed by atoms with Crippen LogP contribution >= 0.6 is 0 Å². The zero-order valence-electron chi connectivity index (χ0n) is 16.7. The largest absolute Gasteiger partial charge is 0.478 e. The van der Waals surface area contributed by atoms with E-state index in [1.165, 1.54) is 4.90 Å². The number of carboxylic acid groups (broad SMARTS) is 1. The summed E-state index contributed by atoms with van der Waals surface area (Å²) in [5, 5.41) is 11.9. The molecule has 0 aliphatic rings. The highest BCUT2D eigenvalue weighted by atomic mass is 16.4. The molecule has 1 heterocycles. The van der Waals surface area contributed by atoms with E-state index in [0.29, 0.717) is 22.5 Å². The lowest BCUT2D eigenvalue weighted by Crippen LogP contribution is -2.38. The molecule has 1 unspecified atom stereocenters. The summed E-state index contributed by atoms with van der Waals surface area (Å²) in [4.78, 5) is 41.7. The van der Waals surface area contributed by atoms with Gasteiger partial charge in [0, 0.05) is 37.7 Å². The van der Waals surface area contributed by atoms with Crippen molar-refractivity contribution in [3.8, 4) is 11.3 Å². The number of nitrogens with one attached hydrogen (secondary N) is 1. The van der Waals surface area contributed by atoms with Crippen LogP contribution < -0.4 is 5.32 Å². The maximum absolute atomic E-state index is 12.8. The number of aryl methyl sites for hydroxylation is 2. The SMILES string of the molecule is CNC(=O)CC(C)N(C)C(=O)c1cccc(-c2cc(C)c(C(=O)O)c(C)n2)c1. The molecular weight excluding hydrogens is 358 g/mol. The Morgan fingerprint density at radius 3 is 2.46 bits per heavy atom. The number of carboxylic acids is 1. The average molecular weight is 383 g/mol. The zero-order chi connectivity index (χ0) is 21.0. The van der Waals surface area contributed by atoms with Crippen LogP contribution in [0, 0.1) is 13.8 Å². The molecule has 1 aromatic heterocycles. The van der Waals surface area contributed by atoms with Crippen molar-refractivity contribution in [3.05, 3.63) is 52.7 Å². The standard InChI is InChI=1S/C21H25N3O4/c1-12-9-17(23-14(3)19(12)21(27)28)15-7-6-8-16(11-15)20(26)24(5)13(2)10-18(25)22-4/h6-9,11,13H,10H2,1-5H3,(H,22,25)(H,27,28).